The molecule has 38 valence electrons. The summed E-state index contributed by atoms with van der Waals surface area (Å²) in [5, 5.41) is 8.08. The van der Waals surface area contributed by atoms with Gasteiger partial charge in [-0.25, -0.2) is 0 Å². The molecule has 0 aromatic rings. The van der Waals surface area contributed by atoms with E-state index in [9.17, 15) is 0 Å². The molecule has 0 unspecified atom stereocenters. The lowest BCUT2D eigenvalue weighted by atomic mass is 10.5. The second-order valence-corrected chi connectivity index (χ2v) is 1.17. The fourth-order valence-electron chi connectivity index (χ4n) is 0.129. The zero-order chi connectivity index (χ0) is 4.83. The molecular formula is C3H8O2S. The molecule has 0 spiro atoms. The maximum atomic E-state index is 8.08. The van der Waals surface area contributed by atoms with Crippen molar-refractivity contribution in [2.24, 2.45) is 0 Å². The molecule has 0 rings (SSSR count). The van der Waals surface area contributed by atoms with Gasteiger partial charge in [0.15, 0.2) is 0 Å². The molecule has 6 heavy (non-hydrogen) atoms. The van der Waals surface area contributed by atoms with Crippen molar-refractivity contribution in [3.63, 3.8) is 0 Å². The Labute approximate surface area is 42.7 Å². The zero-order valence-electron chi connectivity index (χ0n) is 3.42. The highest BCUT2D eigenvalue weighted by molar-refractivity contribution is 7.75. The molecule has 0 fully saturated rings. The van der Waals surface area contributed by atoms with Crippen molar-refractivity contribution >= 4 is 12.9 Å². The third kappa shape index (κ3) is 4.27. The summed E-state index contributed by atoms with van der Waals surface area (Å²) < 4.78 is 4.32. The van der Waals surface area contributed by atoms with Crippen LogP contribution in [0.25, 0.3) is 0 Å². The molecule has 2 nitrogen and oxygen atoms in total. The fourth-order valence-corrected chi connectivity index (χ4v) is 0.258. The van der Waals surface area contributed by atoms with Crippen molar-refractivity contribution in [2.45, 2.75) is 6.42 Å². The highest BCUT2D eigenvalue weighted by Gasteiger charge is 1.76. The molecule has 0 amide bonds. The van der Waals surface area contributed by atoms with Crippen molar-refractivity contribution in [1.29, 1.82) is 0 Å². The third-order valence-electron chi connectivity index (χ3n) is 0.394. The van der Waals surface area contributed by atoms with Gasteiger partial charge in [0.1, 0.15) is 0 Å². The van der Waals surface area contributed by atoms with E-state index in [1.165, 1.54) is 0 Å². The van der Waals surface area contributed by atoms with Gasteiger partial charge >= 0.3 is 0 Å². The summed E-state index contributed by atoms with van der Waals surface area (Å²) in [7, 11) is 0. The van der Waals surface area contributed by atoms with Crippen LogP contribution >= 0.6 is 12.9 Å². The first-order valence-electron chi connectivity index (χ1n) is 1.79. The monoisotopic (exact) mass is 108 g/mol. The van der Waals surface area contributed by atoms with E-state index in [-0.39, 0.29) is 6.61 Å². The number of hydrogen-bond acceptors (Lipinski definition) is 3. The Morgan fingerprint density at radius 3 is 2.50 bits per heavy atom. The fraction of sp³-hybridized carbons (Fsp3) is 1.00. The predicted octanol–water partition coefficient (Wildman–Crippen LogP) is 0.230. The number of thiol groups is 1. The number of hydrogen-bond donors (Lipinski definition) is 2. The second-order valence-electron chi connectivity index (χ2n) is 0.910. The Morgan fingerprint density at radius 2 is 2.33 bits per heavy atom. The molecule has 1 N–H and O–H groups in total. The van der Waals surface area contributed by atoms with Gasteiger partial charge < -0.3 is 9.29 Å². The summed E-state index contributed by atoms with van der Waals surface area (Å²) >= 11 is 3.44. The first-order valence-corrected chi connectivity index (χ1v) is 2.15. The Balaban J connectivity index is 2.34. The molecule has 0 saturated heterocycles. The lowest BCUT2D eigenvalue weighted by molar-refractivity contribution is 0.251. The molecule has 0 aliphatic rings. The third-order valence-corrected chi connectivity index (χ3v) is 0.576. The first kappa shape index (κ1) is 6.27. The van der Waals surface area contributed by atoms with Gasteiger partial charge in [0, 0.05) is 6.61 Å². The van der Waals surface area contributed by atoms with Gasteiger partial charge in [-0.05, 0) is 19.3 Å². The van der Waals surface area contributed by atoms with Crippen molar-refractivity contribution in [2.75, 3.05) is 13.2 Å². The second kappa shape index (κ2) is 5.27. The minimum absolute atomic E-state index is 0.181. The van der Waals surface area contributed by atoms with Gasteiger partial charge in [-0.1, -0.05) is 0 Å². The normalized spacial score (nSPS) is 9.00. The van der Waals surface area contributed by atoms with E-state index in [0.29, 0.717) is 13.0 Å². The van der Waals surface area contributed by atoms with E-state index in [1.54, 1.807) is 0 Å². The van der Waals surface area contributed by atoms with Crippen LogP contribution in [0, 0.1) is 0 Å². The van der Waals surface area contributed by atoms with Crippen LogP contribution in [0.4, 0.5) is 0 Å². The van der Waals surface area contributed by atoms with Crippen LogP contribution in [-0.4, -0.2) is 18.3 Å². The van der Waals surface area contributed by atoms with Crippen LogP contribution in [0.2, 0.25) is 0 Å². The number of aliphatic hydroxyl groups excluding tert-OH is 1. The van der Waals surface area contributed by atoms with E-state index >= 15 is 0 Å². The van der Waals surface area contributed by atoms with Crippen molar-refractivity contribution < 1.29 is 9.29 Å². The van der Waals surface area contributed by atoms with Crippen molar-refractivity contribution in [1.82, 2.24) is 0 Å². The topological polar surface area (TPSA) is 29.5 Å². The van der Waals surface area contributed by atoms with Gasteiger partial charge in [0.2, 0.25) is 0 Å². The summed E-state index contributed by atoms with van der Waals surface area (Å²) in [5.74, 6) is 0. The molecular weight excluding hydrogens is 100 g/mol. The highest BCUT2D eigenvalue weighted by Crippen LogP contribution is 1.80. The molecule has 3 heteroatoms. The maximum absolute atomic E-state index is 8.08. The van der Waals surface area contributed by atoms with Crippen LogP contribution in [0.1, 0.15) is 6.42 Å². The average molecular weight is 108 g/mol. The average Bonchev–Trinajstić information content (AvgIpc) is 1.61. The molecule has 0 aromatic heterocycles. The molecule has 0 atom stereocenters. The van der Waals surface area contributed by atoms with Gasteiger partial charge in [0.05, 0.1) is 6.61 Å². The molecule has 0 aromatic carbocycles. The van der Waals surface area contributed by atoms with E-state index < -0.39 is 0 Å². The molecule has 0 radical (unpaired) electrons. The quantitative estimate of drug-likeness (QED) is 0.308. The standard InChI is InChI=1S/C3H8O2S/c4-2-1-3-5-6/h4,6H,1-3H2. The summed E-state index contributed by atoms with van der Waals surface area (Å²) in [6.45, 7) is 0.709. The van der Waals surface area contributed by atoms with Gasteiger partial charge in [-0.15, -0.1) is 0 Å². The van der Waals surface area contributed by atoms with Crippen LogP contribution in [-0.2, 0) is 4.18 Å². The van der Waals surface area contributed by atoms with Crippen LogP contribution in [0.5, 0.6) is 0 Å². The maximum Gasteiger partial charge on any atom is 0.0632 e. The Bertz CT molecular complexity index is 20.8. The summed E-state index contributed by atoms with van der Waals surface area (Å²) in [6, 6.07) is 0. The zero-order valence-corrected chi connectivity index (χ0v) is 4.32. The molecule has 0 aliphatic carbocycles. The Kier molecular flexibility index (Phi) is 5.51. The van der Waals surface area contributed by atoms with Crippen molar-refractivity contribution in [3.05, 3.63) is 0 Å². The number of rotatable bonds is 3. The van der Waals surface area contributed by atoms with Gasteiger partial charge in [-0.3, -0.25) is 0 Å². The Morgan fingerprint density at radius 1 is 1.67 bits per heavy atom. The summed E-state index contributed by atoms with van der Waals surface area (Å²) in [6.07, 6.45) is 0.670. The Hall–Kier alpha value is 0.270. The molecule has 0 bridgehead atoms. The minimum Gasteiger partial charge on any atom is -0.396 e. The SMILES string of the molecule is OCCCOS. The smallest absolute Gasteiger partial charge is 0.0632 e. The van der Waals surface area contributed by atoms with E-state index in [4.69, 9.17) is 5.11 Å². The molecule has 0 heterocycles. The highest BCUT2D eigenvalue weighted by atomic mass is 32.1. The largest absolute Gasteiger partial charge is 0.396 e. The van der Waals surface area contributed by atoms with E-state index in [0.717, 1.165) is 0 Å². The summed E-state index contributed by atoms with van der Waals surface area (Å²) in [5.41, 5.74) is 0. The lowest BCUT2D eigenvalue weighted by Crippen LogP contribution is -1.87. The molecule has 0 saturated carbocycles. The summed E-state index contributed by atoms with van der Waals surface area (Å²) in [4.78, 5) is 0. The number of aliphatic hydroxyl groups is 1. The minimum atomic E-state index is 0.181. The van der Waals surface area contributed by atoms with E-state index in [1.807, 2.05) is 0 Å². The van der Waals surface area contributed by atoms with Crippen LogP contribution in [0.15, 0.2) is 0 Å². The van der Waals surface area contributed by atoms with E-state index in [2.05, 4.69) is 17.1 Å². The van der Waals surface area contributed by atoms with Gasteiger partial charge in [0.25, 0.3) is 0 Å². The van der Waals surface area contributed by atoms with Crippen LogP contribution < -0.4 is 0 Å². The lowest BCUT2D eigenvalue weighted by Gasteiger charge is -1.87. The first-order chi connectivity index (χ1) is 2.91. The van der Waals surface area contributed by atoms with Gasteiger partial charge in [-0.2, -0.15) is 0 Å². The molecule has 0 aliphatic heterocycles. The van der Waals surface area contributed by atoms with Crippen LogP contribution in [0.3, 0.4) is 0 Å². The predicted molar refractivity (Wildman–Crippen MR) is 26.6 cm³/mol. The van der Waals surface area contributed by atoms with Crippen molar-refractivity contribution in [3.8, 4) is 0 Å².